The van der Waals surface area contributed by atoms with Gasteiger partial charge in [-0.25, -0.2) is 13.2 Å². The van der Waals surface area contributed by atoms with Crippen LogP contribution < -0.4 is 5.32 Å². The molecule has 1 aliphatic rings. The summed E-state index contributed by atoms with van der Waals surface area (Å²) < 4.78 is 32.6. The first kappa shape index (κ1) is 21.4. The second kappa shape index (κ2) is 9.32. The third-order valence-corrected chi connectivity index (χ3v) is 6.94. The predicted octanol–water partition coefficient (Wildman–Crippen LogP) is 2.18. The molecule has 1 aromatic carbocycles. The third kappa shape index (κ3) is 4.87. The number of unbranched alkanes of at least 4 members (excludes halogenated alkanes) is 1. The van der Waals surface area contributed by atoms with Crippen molar-refractivity contribution in [3.8, 4) is 0 Å². The highest BCUT2D eigenvalue weighted by molar-refractivity contribution is 7.89. The van der Waals surface area contributed by atoms with E-state index in [2.05, 4.69) is 5.32 Å². The highest BCUT2D eigenvalue weighted by Gasteiger charge is 2.38. The molecule has 0 saturated carbocycles. The SMILES string of the molecule is CCCCNC(=O)C1CCC(C)N(S(=O)(=O)c2ccccc2C(=O)OC)C1. The summed E-state index contributed by atoms with van der Waals surface area (Å²) in [7, 11) is -2.72. The van der Waals surface area contributed by atoms with Gasteiger partial charge < -0.3 is 10.1 Å². The second-order valence-corrected chi connectivity index (χ2v) is 8.69. The van der Waals surface area contributed by atoms with Gasteiger partial charge >= 0.3 is 5.97 Å². The van der Waals surface area contributed by atoms with Gasteiger partial charge in [-0.1, -0.05) is 25.5 Å². The molecule has 2 unspecified atom stereocenters. The molecule has 1 aliphatic heterocycles. The van der Waals surface area contributed by atoms with E-state index in [1.807, 2.05) is 13.8 Å². The minimum atomic E-state index is -3.94. The van der Waals surface area contributed by atoms with Crippen molar-refractivity contribution >= 4 is 21.9 Å². The minimum absolute atomic E-state index is 0.00159. The monoisotopic (exact) mass is 396 g/mol. The highest BCUT2D eigenvalue weighted by atomic mass is 32.2. The quantitative estimate of drug-likeness (QED) is 0.563. The van der Waals surface area contributed by atoms with Gasteiger partial charge in [0.15, 0.2) is 0 Å². The molecular weight excluding hydrogens is 368 g/mol. The Hall–Kier alpha value is -1.93. The standard InChI is InChI=1S/C19H28N2O5S/c1-4-5-12-20-18(22)15-11-10-14(2)21(13-15)27(24,25)17-9-7-6-8-16(17)19(23)26-3/h6-9,14-15H,4-5,10-13H2,1-3H3,(H,20,22). The fraction of sp³-hybridized carbons (Fsp3) is 0.579. The molecule has 1 fully saturated rings. The number of carbonyl (C=O) groups excluding carboxylic acids is 2. The van der Waals surface area contributed by atoms with E-state index >= 15 is 0 Å². The van der Waals surface area contributed by atoms with E-state index in [4.69, 9.17) is 4.74 Å². The molecule has 1 N–H and O–H groups in total. The number of methoxy groups -OCH3 is 1. The largest absolute Gasteiger partial charge is 0.465 e. The van der Waals surface area contributed by atoms with Gasteiger partial charge in [-0.2, -0.15) is 4.31 Å². The van der Waals surface area contributed by atoms with Gasteiger partial charge in [-0.05, 0) is 38.3 Å². The average molecular weight is 397 g/mol. The van der Waals surface area contributed by atoms with E-state index < -0.39 is 21.9 Å². The highest BCUT2D eigenvalue weighted by Crippen LogP contribution is 2.30. The maximum atomic E-state index is 13.3. The van der Waals surface area contributed by atoms with Gasteiger partial charge in [0.2, 0.25) is 15.9 Å². The summed E-state index contributed by atoms with van der Waals surface area (Å²) in [5, 5.41) is 2.88. The van der Waals surface area contributed by atoms with Crippen LogP contribution in [0.3, 0.4) is 0 Å². The number of hydrogen-bond donors (Lipinski definition) is 1. The van der Waals surface area contributed by atoms with Crippen molar-refractivity contribution in [3.05, 3.63) is 29.8 Å². The number of piperidine rings is 1. The molecule has 2 atom stereocenters. The summed E-state index contributed by atoms with van der Waals surface area (Å²) >= 11 is 0. The molecule has 7 nitrogen and oxygen atoms in total. The van der Waals surface area contributed by atoms with Gasteiger partial charge in [0.05, 0.1) is 23.5 Å². The number of ether oxygens (including phenoxy) is 1. The Morgan fingerprint density at radius 1 is 1.26 bits per heavy atom. The molecular formula is C19H28N2O5S. The lowest BCUT2D eigenvalue weighted by Gasteiger charge is -2.36. The van der Waals surface area contributed by atoms with Gasteiger partial charge in [0.1, 0.15) is 0 Å². The molecule has 0 aliphatic carbocycles. The molecule has 1 saturated heterocycles. The number of esters is 1. The van der Waals surface area contributed by atoms with Gasteiger partial charge in [0.25, 0.3) is 0 Å². The zero-order valence-corrected chi connectivity index (χ0v) is 16.9. The topological polar surface area (TPSA) is 92.8 Å². The molecule has 27 heavy (non-hydrogen) atoms. The summed E-state index contributed by atoms with van der Waals surface area (Å²) in [6.07, 6.45) is 3.10. The van der Waals surface area contributed by atoms with Gasteiger partial charge in [-0.15, -0.1) is 0 Å². The molecule has 0 aromatic heterocycles. The van der Waals surface area contributed by atoms with E-state index in [1.54, 1.807) is 12.1 Å². The molecule has 0 bridgehead atoms. The Morgan fingerprint density at radius 3 is 2.63 bits per heavy atom. The maximum Gasteiger partial charge on any atom is 0.339 e. The average Bonchev–Trinajstić information content (AvgIpc) is 2.67. The normalized spacial score (nSPS) is 20.9. The number of rotatable bonds is 7. The first-order chi connectivity index (χ1) is 12.8. The lowest BCUT2D eigenvalue weighted by atomic mass is 9.94. The minimum Gasteiger partial charge on any atom is -0.465 e. The molecule has 0 spiro atoms. The summed E-state index contributed by atoms with van der Waals surface area (Å²) in [4.78, 5) is 24.3. The van der Waals surface area contributed by atoms with Crippen molar-refractivity contribution in [2.24, 2.45) is 5.92 Å². The van der Waals surface area contributed by atoms with Crippen LogP contribution in [0.4, 0.5) is 0 Å². The lowest BCUT2D eigenvalue weighted by molar-refractivity contribution is -0.126. The second-order valence-electron chi connectivity index (χ2n) is 6.83. The maximum absolute atomic E-state index is 13.3. The van der Waals surface area contributed by atoms with E-state index in [0.29, 0.717) is 19.4 Å². The number of nitrogens with zero attached hydrogens (tertiary/aromatic N) is 1. The number of nitrogens with one attached hydrogen (secondary N) is 1. The molecule has 1 amide bonds. The van der Waals surface area contributed by atoms with E-state index in [9.17, 15) is 18.0 Å². The van der Waals surface area contributed by atoms with E-state index in [-0.39, 0.29) is 29.0 Å². The van der Waals surface area contributed by atoms with E-state index in [1.165, 1.54) is 23.5 Å². The zero-order chi connectivity index (χ0) is 20.0. The third-order valence-electron chi connectivity index (χ3n) is 4.90. The van der Waals surface area contributed by atoms with Crippen LogP contribution in [0.15, 0.2) is 29.2 Å². The Morgan fingerprint density at radius 2 is 1.96 bits per heavy atom. The van der Waals surface area contributed by atoms with Crippen LogP contribution in [0.1, 0.15) is 49.9 Å². The molecule has 1 aromatic rings. The van der Waals surface area contributed by atoms with Crippen molar-refractivity contribution in [1.29, 1.82) is 0 Å². The van der Waals surface area contributed by atoms with E-state index in [0.717, 1.165) is 12.8 Å². The van der Waals surface area contributed by atoms with Crippen LogP contribution in [-0.4, -0.2) is 50.8 Å². The fourth-order valence-corrected chi connectivity index (χ4v) is 5.14. The van der Waals surface area contributed by atoms with Crippen molar-refractivity contribution in [2.45, 2.75) is 50.5 Å². The summed E-state index contributed by atoms with van der Waals surface area (Å²) in [5.74, 6) is -1.21. The molecule has 0 radical (unpaired) electrons. The zero-order valence-electron chi connectivity index (χ0n) is 16.1. The van der Waals surface area contributed by atoms with Crippen LogP contribution in [-0.2, 0) is 19.6 Å². The van der Waals surface area contributed by atoms with Gasteiger partial charge in [0, 0.05) is 19.1 Å². The van der Waals surface area contributed by atoms with Crippen LogP contribution in [0.5, 0.6) is 0 Å². The first-order valence-electron chi connectivity index (χ1n) is 9.29. The molecule has 150 valence electrons. The number of sulfonamides is 1. The first-order valence-corrected chi connectivity index (χ1v) is 10.7. The fourth-order valence-electron chi connectivity index (χ4n) is 3.25. The molecule has 1 heterocycles. The number of amides is 1. The van der Waals surface area contributed by atoms with Crippen LogP contribution >= 0.6 is 0 Å². The molecule has 8 heteroatoms. The van der Waals surface area contributed by atoms with Crippen molar-refractivity contribution in [3.63, 3.8) is 0 Å². The summed E-state index contributed by atoms with van der Waals surface area (Å²) in [6, 6.07) is 5.75. The predicted molar refractivity (Wildman–Crippen MR) is 102 cm³/mol. The Balaban J connectivity index is 2.27. The molecule has 2 rings (SSSR count). The van der Waals surface area contributed by atoms with Gasteiger partial charge in [-0.3, -0.25) is 4.79 Å². The Kier molecular flexibility index (Phi) is 7.38. The summed E-state index contributed by atoms with van der Waals surface area (Å²) in [5.41, 5.74) is 0.00159. The number of carbonyl (C=O) groups is 2. The van der Waals surface area contributed by atoms with Crippen LogP contribution in [0, 0.1) is 5.92 Å². The lowest BCUT2D eigenvalue weighted by Crippen LogP contribution is -2.49. The Labute approximate surface area is 161 Å². The van der Waals surface area contributed by atoms with Crippen LogP contribution in [0.2, 0.25) is 0 Å². The summed E-state index contributed by atoms with van der Waals surface area (Å²) in [6.45, 7) is 4.57. The van der Waals surface area contributed by atoms with Crippen molar-refractivity contribution < 1.29 is 22.7 Å². The van der Waals surface area contributed by atoms with Crippen LogP contribution in [0.25, 0.3) is 0 Å². The number of hydrogen-bond acceptors (Lipinski definition) is 5. The smallest absolute Gasteiger partial charge is 0.339 e. The number of benzene rings is 1. The van der Waals surface area contributed by atoms with Crippen molar-refractivity contribution in [2.75, 3.05) is 20.2 Å². The Bertz CT molecular complexity index is 778. The van der Waals surface area contributed by atoms with Crippen molar-refractivity contribution in [1.82, 2.24) is 9.62 Å².